The highest BCUT2D eigenvalue weighted by molar-refractivity contribution is 6.39. The van der Waals surface area contributed by atoms with Gasteiger partial charge in [-0.2, -0.15) is 13.2 Å². The number of nitrogens with zero attached hydrogens (tertiary/aromatic N) is 1. The number of rotatable bonds is 2. The first-order valence-corrected chi connectivity index (χ1v) is 7.62. The Balaban J connectivity index is 2.14. The van der Waals surface area contributed by atoms with Crippen LogP contribution in [0.1, 0.15) is 38.2 Å². The Morgan fingerprint density at radius 2 is 1.96 bits per heavy atom. The number of hydrogen-bond acceptors (Lipinski definition) is 2. The SMILES string of the molecule is CCC1CCCCN1C(=O)C(=O)Nc1ccccc1C(F)(F)F. The Hall–Kier alpha value is -2.05. The largest absolute Gasteiger partial charge is 0.418 e. The van der Waals surface area contributed by atoms with Gasteiger partial charge in [0.1, 0.15) is 0 Å². The van der Waals surface area contributed by atoms with Crippen molar-refractivity contribution in [1.29, 1.82) is 0 Å². The van der Waals surface area contributed by atoms with Crippen LogP contribution in [0.15, 0.2) is 24.3 Å². The molecule has 7 heteroatoms. The average Bonchev–Trinajstić information content (AvgIpc) is 2.53. The van der Waals surface area contributed by atoms with E-state index in [2.05, 4.69) is 5.32 Å². The maximum absolute atomic E-state index is 12.9. The normalized spacial score (nSPS) is 18.6. The molecule has 23 heavy (non-hydrogen) atoms. The number of carbonyl (C=O) groups excluding carboxylic acids is 2. The molecule has 1 unspecified atom stereocenters. The quantitative estimate of drug-likeness (QED) is 0.846. The van der Waals surface area contributed by atoms with Gasteiger partial charge in [-0.25, -0.2) is 0 Å². The molecule has 4 nitrogen and oxygen atoms in total. The molecule has 0 aromatic heterocycles. The van der Waals surface area contributed by atoms with E-state index in [9.17, 15) is 22.8 Å². The summed E-state index contributed by atoms with van der Waals surface area (Å²) in [6.07, 6.45) is -1.27. The van der Waals surface area contributed by atoms with Crippen molar-refractivity contribution in [1.82, 2.24) is 4.90 Å². The molecule has 0 saturated carbocycles. The van der Waals surface area contributed by atoms with Gasteiger partial charge in [0.2, 0.25) is 0 Å². The Morgan fingerprint density at radius 1 is 1.26 bits per heavy atom. The van der Waals surface area contributed by atoms with Crippen molar-refractivity contribution < 1.29 is 22.8 Å². The molecule has 1 aliphatic heterocycles. The third kappa shape index (κ3) is 4.03. The van der Waals surface area contributed by atoms with Gasteiger partial charge < -0.3 is 10.2 Å². The number of carbonyl (C=O) groups is 2. The fourth-order valence-electron chi connectivity index (χ4n) is 2.84. The molecule has 1 saturated heterocycles. The highest BCUT2D eigenvalue weighted by atomic mass is 19.4. The molecular formula is C16H19F3N2O2. The van der Waals surface area contributed by atoms with Crippen molar-refractivity contribution in [3.8, 4) is 0 Å². The summed E-state index contributed by atoms with van der Waals surface area (Å²) < 4.78 is 38.8. The van der Waals surface area contributed by atoms with Crippen LogP contribution in [-0.2, 0) is 15.8 Å². The fraction of sp³-hybridized carbons (Fsp3) is 0.500. The van der Waals surface area contributed by atoms with Crippen LogP contribution in [0.3, 0.4) is 0 Å². The van der Waals surface area contributed by atoms with E-state index < -0.39 is 29.2 Å². The van der Waals surface area contributed by atoms with E-state index in [1.165, 1.54) is 17.0 Å². The first-order chi connectivity index (χ1) is 10.8. The number of para-hydroxylation sites is 1. The van der Waals surface area contributed by atoms with Crippen LogP contribution in [-0.4, -0.2) is 29.3 Å². The molecule has 2 rings (SSSR count). The minimum Gasteiger partial charge on any atom is -0.331 e. The standard InChI is InChI=1S/C16H19F3N2O2/c1-2-11-7-5-6-10-21(11)15(23)14(22)20-13-9-4-3-8-12(13)16(17,18)19/h3-4,8-9,11H,2,5-7,10H2,1H3,(H,20,22). The highest BCUT2D eigenvalue weighted by Gasteiger charge is 2.35. The van der Waals surface area contributed by atoms with Crippen molar-refractivity contribution >= 4 is 17.5 Å². The summed E-state index contributed by atoms with van der Waals surface area (Å²) >= 11 is 0. The van der Waals surface area contributed by atoms with Crippen molar-refractivity contribution in [3.05, 3.63) is 29.8 Å². The molecule has 0 bridgehead atoms. The van der Waals surface area contributed by atoms with Gasteiger partial charge in [-0.15, -0.1) is 0 Å². The minimum absolute atomic E-state index is 0.0279. The zero-order valence-corrected chi connectivity index (χ0v) is 12.8. The molecule has 0 aliphatic carbocycles. The topological polar surface area (TPSA) is 49.4 Å². The first-order valence-electron chi connectivity index (χ1n) is 7.62. The molecule has 1 aromatic carbocycles. The summed E-state index contributed by atoms with van der Waals surface area (Å²) in [5.41, 5.74) is -1.37. The second-order valence-electron chi connectivity index (χ2n) is 5.55. The van der Waals surface area contributed by atoms with Crippen LogP contribution < -0.4 is 5.32 Å². The van der Waals surface area contributed by atoms with Gasteiger partial charge in [0.05, 0.1) is 11.3 Å². The number of likely N-dealkylation sites (tertiary alicyclic amines) is 1. The number of benzene rings is 1. The minimum atomic E-state index is -4.59. The second-order valence-corrected chi connectivity index (χ2v) is 5.55. The summed E-state index contributed by atoms with van der Waals surface area (Å²) in [4.78, 5) is 25.8. The van der Waals surface area contributed by atoms with Gasteiger partial charge in [0.15, 0.2) is 0 Å². The van der Waals surface area contributed by atoms with Crippen LogP contribution in [0.5, 0.6) is 0 Å². The summed E-state index contributed by atoms with van der Waals surface area (Å²) in [6, 6.07) is 4.60. The van der Waals surface area contributed by atoms with E-state index >= 15 is 0 Å². The number of alkyl halides is 3. The summed E-state index contributed by atoms with van der Waals surface area (Å²) in [6.45, 7) is 2.39. The van der Waals surface area contributed by atoms with Crippen molar-refractivity contribution in [3.63, 3.8) is 0 Å². The Kier molecular flexibility index (Phi) is 5.28. The fourth-order valence-corrected chi connectivity index (χ4v) is 2.84. The lowest BCUT2D eigenvalue weighted by Gasteiger charge is -2.34. The number of halogens is 3. The van der Waals surface area contributed by atoms with Crippen LogP contribution >= 0.6 is 0 Å². The smallest absolute Gasteiger partial charge is 0.331 e. The molecule has 1 fully saturated rings. The molecular weight excluding hydrogens is 309 g/mol. The van der Waals surface area contributed by atoms with Crippen LogP contribution in [0, 0.1) is 0 Å². The van der Waals surface area contributed by atoms with Gasteiger partial charge in [-0.3, -0.25) is 9.59 Å². The van der Waals surface area contributed by atoms with Crippen molar-refractivity contribution in [2.24, 2.45) is 0 Å². The molecule has 1 aromatic rings. The molecule has 1 N–H and O–H groups in total. The number of nitrogens with one attached hydrogen (secondary N) is 1. The zero-order chi connectivity index (χ0) is 17.0. The monoisotopic (exact) mass is 328 g/mol. The van der Waals surface area contributed by atoms with E-state index in [4.69, 9.17) is 0 Å². The first kappa shape index (κ1) is 17.3. The van der Waals surface area contributed by atoms with Crippen molar-refractivity contribution in [2.75, 3.05) is 11.9 Å². The van der Waals surface area contributed by atoms with E-state index in [0.29, 0.717) is 6.54 Å². The molecule has 2 amide bonds. The lowest BCUT2D eigenvalue weighted by atomic mass is 10.00. The number of hydrogen-bond donors (Lipinski definition) is 1. The molecule has 0 radical (unpaired) electrons. The predicted octanol–water partition coefficient (Wildman–Crippen LogP) is 3.44. The van der Waals surface area contributed by atoms with Crippen LogP contribution in [0.4, 0.5) is 18.9 Å². The third-order valence-electron chi connectivity index (χ3n) is 4.03. The Bertz CT molecular complexity index is 587. The molecule has 1 aliphatic rings. The van der Waals surface area contributed by atoms with Crippen LogP contribution in [0.25, 0.3) is 0 Å². The lowest BCUT2D eigenvalue weighted by molar-refractivity contribution is -0.146. The van der Waals surface area contributed by atoms with E-state index in [1.54, 1.807) is 0 Å². The summed E-state index contributed by atoms with van der Waals surface area (Å²) in [5.74, 6) is -1.80. The van der Waals surface area contributed by atoms with E-state index in [-0.39, 0.29) is 6.04 Å². The maximum atomic E-state index is 12.9. The Morgan fingerprint density at radius 3 is 2.61 bits per heavy atom. The third-order valence-corrected chi connectivity index (χ3v) is 4.03. The zero-order valence-electron chi connectivity index (χ0n) is 12.8. The molecule has 0 spiro atoms. The van der Waals surface area contributed by atoms with Gasteiger partial charge >= 0.3 is 18.0 Å². The van der Waals surface area contributed by atoms with Crippen molar-refractivity contribution in [2.45, 2.75) is 44.8 Å². The average molecular weight is 328 g/mol. The maximum Gasteiger partial charge on any atom is 0.418 e. The Labute approximate surface area is 132 Å². The van der Waals surface area contributed by atoms with Gasteiger partial charge in [-0.1, -0.05) is 19.1 Å². The van der Waals surface area contributed by atoms with E-state index in [1.807, 2.05) is 6.92 Å². The van der Waals surface area contributed by atoms with Crippen LogP contribution in [0.2, 0.25) is 0 Å². The lowest BCUT2D eigenvalue weighted by Crippen LogP contribution is -2.48. The number of anilines is 1. The van der Waals surface area contributed by atoms with Gasteiger partial charge in [0, 0.05) is 12.6 Å². The predicted molar refractivity (Wildman–Crippen MR) is 79.7 cm³/mol. The number of piperidine rings is 1. The summed E-state index contributed by atoms with van der Waals surface area (Å²) in [5, 5.41) is 2.11. The van der Waals surface area contributed by atoms with Gasteiger partial charge in [-0.05, 0) is 37.8 Å². The second kappa shape index (κ2) is 7.02. The molecule has 1 heterocycles. The summed E-state index contributed by atoms with van der Waals surface area (Å²) in [7, 11) is 0. The molecule has 1 atom stereocenters. The van der Waals surface area contributed by atoms with Gasteiger partial charge in [0.25, 0.3) is 0 Å². The highest BCUT2D eigenvalue weighted by Crippen LogP contribution is 2.34. The molecule has 126 valence electrons. The van der Waals surface area contributed by atoms with E-state index in [0.717, 1.165) is 37.8 Å². The number of amides is 2.